The van der Waals surface area contributed by atoms with Crippen molar-refractivity contribution in [1.82, 2.24) is 15.3 Å². The minimum Gasteiger partial charge on any atom is -0.493 e. The molecule has 2 aromatic heterocycles. The molecule has 1 amide bonds. The molecule has 1 saturated heterocycles. The van der Waals surface area contributed by atoms with Crippen molar-refractivity contribution in [3.63, 3.8) is 0 Å². The second-order valence-corrected chi connectivity index (χ2v) is 8.87. The number of nitrogens with zero attached hydrogens (tertiary/aromatic N) is 1. The van der Waals surface area contributed by atoms with E-state index in [9.17, 15) is 9.18 Å². The third-order valence-corrected chi connectivity index (χ3v) is 6.63. The number of para-hydroxylation sites is 1. The fraction of sp³-hybridized carbons (Fsp3) is 0.360. The van der Waals surface area contributed by atoms with Crippen molar-refractivity contribution in [3.8, 4) is 22.8 Å². The summed E-state index contributed by atoms with van der Waals surface area (Å²) in [5.74, 6) is 0.545. The topological polar surface area (TPSA) is 97.5 Å². The Bertz CT molecular complexity index is 1230. The van der Waals surface area contributed by atoms with Crippen LogP contribution in [0.15, 0.2) is 36.7 Å². The van der Waals surface area contributed by atoms with Gasteiger partial charge < -0.3 is 29.8 Å². The van der Waals surface area contributed by atoms with Crippen molar-refractivity contribution in [2.45, 2.75) is 24.9 Å². The van der Waals surface area contributed by atoms with Gasteiger partial charge in [-0.3, -0.25) is 14.2 Å². The summed E-state index contributed by atoms with van der Waals surface area (Å²) < 4.78 is 30.4. The molecule has 35 heavy (non-hydrogen) atoms. The van der Waals surface area contributed by atoms with Gasteiger partial charge in [-0.05, 0) is 24.6 Å². The minimum atomic E-state index is -0.496. The molecule has 0 bridgehead atoms. The summed E-state index contributed by atoms with van der Waals surface area (Å²) in [6.07, 6.45) is 4.57. The molecule has 2 aliphatic rings. The summed E-state index contributed by atoms with van der Waals surface area (Å²) in [6.45, 7) is 0.991. The number of carbonyl (C=O) groups excluding carboxylic acids is 1. The summed E-state index contributed by atoms with van der Waals surface area (Å²) in [6, 6.07) is 7.14. The number of aromatic amines is 1. The first-order valence-corrected chi connectivity index (χ1v) is 11.9. The van der Waals surface area contributed by atoms with Crippen LogP contribution in [0, 0.1) is 0 Å². The Hall–Kier alpha value is -3.30. The smallest absolute Gasteiger partial charge is 0.255 e. The molecule has 5 rings (SSSR count). The number of carbonyl (C=O) groups is 1. The van der Waals surface area contributed by atoms with Crippen LogP contribution >= 0.6 is 11.6 Å². The number of H-pyrrole nitrogens is 1. The molecule has 10 heteroatoms. The number of pyridine rings is 1. The number of benzene rings is 1. The lowest BCUT2D eigenvalue weighted by atomic mass is 9.94. The van der Waals surface area contributed by atoms with E-state index in [-0.39, 0.29) is 24.3 Å². The number of hydrogen-bond donors (Lipinski definition) is 3. The van der Waals surface area contributed by atoms with E-state index in [4.69, 9.17) is 25.8 Å². The zero-order valence-electron chi connectivity index (χ0n) is 19.2. The lowest BCUT2D eigenvalue weighted by Gasteiger charge is -2.26. The molecule has 3 aromatic rings. The standard InChI is InChI=1S/C25H26ClFN4O4/c1-33-24-17(26)3-2-4-18(24)30-23-20-21(14(5-8-27)11-29-25(20)32)31-22(23)16-6-9-28-12-19(16)35-13-15-7-10-34-15/h2-4,6,9,12,14-15,30-31H,5,7-8,10-11,13H2,1H3,(H,29,32)/t14-,15+/m0/s1. The summed E-state index contributed by atoms with van der Waals surface area (Å²) in [4.78, 5) is 20.7. The van der Waals surface area contributed by atoms with Gasteiger partial charge >= 0.3 is 0 Å². The van der Waals surface area contributed by atoms with Gasteiger partial charge in [-0.15, -0.1) is 0 Å². The van der Waals surface area contributed by atoms with Crippen LogP contribution in [0.3, 0.4) is 0 Å². The van der Waals surface area contributed by atoms with Crippen LogP contribution in [0.1, 0.15) is 34.8 Å². The summed E-state index contributed by atoms with van der Waals surface area (Å²) >= 11 is 6.34. The van der Waals surface area contributed by atoms with Gasteiger partial charge in [0.25, 0.3) is 5.91 Å². The minimum absolute atomic E-state index is 0.0490. The second-order valence-electron chi connectivity index (χ2n) is 8.46. The van der Waals surface area contributed by atoms with E-state index in [0.717, 1.165) is 13.0 Å². The van der Waals surface area contributed by atoms with Gasteiger partial charge in [0.1, 0.15) is 12.4 Å². The average Bonchev–Trinajstić information content (AvgIpc) is 3.20. The second kappa shape index (κ2) is 10.1. The third kappa shape index (κ3) is 4.53. The molecule has 4 heterocycles. The van der Waals surface area contributed by atoms with Crippen LogP contribution in [0.25, 0.3) is 11.3 Å². The van der Waals surface area contributed by atoms with Gasteiger partial charge in [-0.1, -0.05) is 17.7 Å². The van der Waals surface area contributed by atoms with Gasteiger partial charge in [-0.25, -0.2) is 0 Å². The number of rotatable bonds is 9. The van der Waals surface area contributed by atoms with E-state index in [1.165, 1.54) is 7.11 Å². The number of fused-ring (bicyclic) bond motifs is 1. The van der Waals surface area contributed by atoms with Crippen LogP contribution in [0.5, 0.6) is 11.5 Å². The molecule has 184 valence electrons. The van der Waals surface area contributed by atoms with E-state index in [2.05, 4.69) is 20.6 Å². The number of nitrogens with one attached hydrogen (secondary N) is 3. The van der Waals surface area contributed by atoms with Crippen LogP contribution in [0.2, 0.25) is 5.02 Å². The highest BCUT2D eigenvalue weighted by Crippen LogP contribution is 2.44. The zero-order valence-corrected chi connectivity index (χ0v) is 20.0. The highest BCUT2D eigenvalue weighted by molar-refractivity contribution is 6.32. The number of aromatic nitrogens is 2. The van der Waals surface area contributed by atoms with E-state index >= 15 is 0 Å². The first kappa shape index (κ1) is 23.4. The van der Waals surface area contributed by atoms with Crippen molar-refractivity contribution in [3.05, 3.63) is 52.9 Å². The Labute approximate surface area is 207 Å². The maximum atomic E-state index is 13.4. The Balaban J connectivity index is 1.63. The van der Waals surface area contributed by atoms with Gasteiger partial charge in [0, 0.05) is 42.9 Å². The molecule has 0 saturated carbocycles. The Morgan fingerprint density at radius 2 is 2.20 bits per heavy atom. The molecule has 2 atom stereocenters. The molecule has 0 spiro atoms. The summed E-state index contributed by atoms with van der Waals surface area (Å²) in [5, 5.41) is 6.67. The largest absolute Gasteiger partial charge is 0.493 e. The van der Waals surface area contributed by atoms with Gasteiger partial charge in [0.05, 0.1) is 53.7 Å². The molecule has 0 unspecified atom stereocenters. The molecule has 2 aliphatic heterocycles. The van der Waals surface area contributed by atoms with Crippen molar-refractivity contribution >= 4 is 28.9 Å². The van der Waals surface area contributed by atoms with E-state index in [0.29, 0.717) is 63.6 Å². The summed E-state index contributed by atoms with van der Waals surface area (Å²) in [5.41, 5.74) is 3.56. The van der Waals surface area contributed by atoms with Crippen LogP contribution in [-0.2, 0) is 4.74 Å². The Morgan fingerprint density at radius 1 is 1.34 bits per heavy atom. The molecule has 1 aromatic carbocycles. The van der Waals surface area contributed by atoms with E-state index in [1.54, 1.807) is 24.5 Å². The SMILES string of the molecule is COc1c(Cl)cccc1Nc1c(-c2ccncc2OC[C@H]2CCO2)[nH]c2c1C(=O)NC[C@@H]2CCF. The van der Waals surface area contributed by atoms with E-state index in [1.807, 2.05) is 12.1 Å². The Kier molecular flexibility index (Phi) is 6.79. The predicted molar refractivity (Wildman–Crippen MR) is 131 cm³/mol. The molecule has 1 fully saturated rings. The number of ether oxygens (including phenoxy) is 3. The van der Waals surface area contributed by atoms with Crippen LogP contribution < -0.4 is 20.1 Å². The first-order chi connectivity index (χ1) is 17.1. The number of alkyl halides is 1. The normalized spacial score (nSPS) is 18.9. The zero-order chi connectivity index (χ0) is 24.4. The van der Waals surface area contributed by atoms with Gasteiger partial charge in [0.2, 0.25) is 0 Å². The van der Waals surface area contributed by atoms with Crippen LogP contribution in [-0.4, -0.2) is 55.5 Å². The maximum Gasteiger partial charge on any atom is 0.255 e. The molecular formula is C25H26ClFN4O4. The van der Waals surface area contributed by atoms with E-state index < -0.39 is 6.67 Å². The molecule has 3 N–H and O–H groups in total. The third-order valence-electron chi connectivity index (χ3n) is 6.33. The van der Waals surface area contributed by atoms with Gasteiger partial charge in [0.15, 0.2) is 5.75 Å². The molecule has 0 radical (unpaired) electrons. The quantitative estimate of drug-likeness (QED) is 0.389. The van der Waals surface area contributed by atoms with Crippen LogP contribution in [0.4, 0.5) is 15.8 Å². The lowest BCUT2D eigenvalue weighted by molar-refractivity contribution is -0.0720. The number of halogens is 2. The van der Waals surface area contributed by atoms with Gasteiger partial charge in [-0.2, -0.15) is 0 Å². The number of hydrogen-bond acceptors (Lipinski definition) is 6. The van der Waals surface area contributed by atoms with Crippen molar-refractivity contribution in [1.29, 1.82) is 0 Å². The van der Waals surface area contributed by atoms with Crippen molar-refractivity contribution in [2.75, 3.05) is 38.9 Å². The highest BCUT2D eigenvalue weighted by atomic mass is 35.5. The number of amides is 1. The predicted octanol–water partition coefficient (Wildman–Crippen LogP) is 4.84. The van der Waals surface area contributed by atoms with Crippen molar-refractivity contribution in [2.24, 2.45) is 0 Å². The Morgan fingerprint density at radius 3 is 2.94 bits per heavy atom. The fourth-order valence-electron chi connectivity index (χ4n) is 4.42. The number of methoxy groups -OCH3 is 1. The highest BCUT2D eigenvalue weighted by Gasteiger charge is 2.33. The molecule has 8 nitrogen and oxygen atoms in total. The average molecular weight is 501 g/mol. The number of anilines is 2. The lowest BCUT2D eigenvalue weighted by Crippen LogP contribution is -2.35. The molecule has 0 aliphatic carbocycles. The van der Waals surface area contributed by atoms with Crippen molar-refractivity contribution < 1.29 is 23.4 Å². The molecular weight excluding hydrogens is 475 g/mol. The fourth-order valence-corrected chi connectivity index (χ4v) is 4.67. The maximum absolute atomic E-state index is 13.4. The summed E-state index contributed by atoms with van der Waals surface area (Å²) in [7, 11) is 1.53. The monoisotopic (exact) mass is 500 g/mol. The first-order valence-electron chi connectivity index (χ1n) is 11.5.